The Morgan fingerprint density at radius 1 is 1.30 bits per heavy atom. The van der Waals surface area contributed by atoms with Crippen molar-refractivity contribution in [3.05, 3.63) is 35.5 Å². The molecule has 0 aromatic heterocycles. The standard InChI is InChI=1S/C15H15N3O5/c1-3-23-15(21)12-10-11(16-17-12)14(20)18(13(10)19)8-6-4-5-7-9(8)22-2/h4-7,11,16-17H,3H2,1-2H3. The zero-order valence-electron chi connectivity index (χ0n) is 12.6. The highest BCUT2D eigenvalue weighted by atomic mass is 16.5. The smallest absolute Gasteiger partial charge is 0.356 e. The Morgan fingerprint density at radius 2 is 2.04 bits per heavy atom. The number of fused-ring (bicyclic) bond motifs is 1. The summed E-state index contributed by atoms with van der Waals surface area (Å²) in [5.74, 6) is -1.35. The second-order valence-corrected chi connectivity index (χ2v) is 4.86. The van der Waals surface area contributed by atoms with Crippen molar-refractivity contribution in [3.63, 3.8) is 0 Å². The van der Waals surface area contributed by atoms with Crippen molar-refractivity contribution in [2.75, 3.05) is 18.6 Å². The Morgan fingerprint density at radius 3 is 2.74 bits per heavy atom. The van der Waals surface area contributed by atoms with Crippen LogP contribution in [0.2, 0.25) is 0 Å². The van der Waals surface area contributed by atoms with E-state index in [0.717, 1.165) is 4.90 Å². The highest BCUT2D eigenvalue weighted by Crippen LogP contribution is 2.35. The molecule has 8 heteroatoms. The average Bonchev–Trinajstić information content (AvgIpc) is 3.09. The highest BCUT2D eigenvalue weighted by Gasteiger charge is 2.51. The highest BCUT2D eigenvalue weighted by molar-refractivity contribution is 6.33. The van der Waals surface area contributed by atoms with E-state index in [2.05, 4.69) is 10.9 Å². The number of hydrazine groups is 1. The van der Waals surface area contributed by atoms with Gasteiger partial charge in [-0.05, 0) is 19.1 Å². The SMILES string of the molecule is CCOC(=O)C1=C2C(=O)N(c3ccccc3OC)C(=O)C2NN1. The number of anilines is 1. The van der Waals surface area contributed by atoms with Gasteiger partial charge in [-0.1, -0.05) is 12.1 Å². The van der Waals surface area contributed by atoms with E-state index < -0.39 is 23.8 Å². The van der Waals surface area contributed by atoms with Crippen LogP contribution in [0.3, 0.4) is 0 Å². The van der Waals surface area contributed by atoms with E-state index in [9.17, 15) is 14.4 Å². The maximum Gasteiger partial charge on any atom is 0.356 e. The maximum atomic E-state index is 12.7. The van der Waals surface area contributed by atoms with Gasteiger partial charge < -0.3 is 14.9 Å². The molecule has 0 spiro atoms. The van der Waals surface area contributed by atoms with E-state index in [1.807, 2.05) is 0 Å². The minimum atomic E-state index is -0.924. The summed E-state index contributed by atoms with van der Waals surface area (Å²) in [6.07, 6.45) is 0. The third-order valence-corrected chi connectivity index (χ3v) is 3.61. The summed E-state index contributed by atoms with van der Waals surface area (Å²) < 4.78 is 10.1. The van der Waals surface area contributed by atoms with E-state index in [4.69, 9.17) is 9.47 Å². The zero-order chi connectivity index (χ0) is 16.6. The van der Waals surface area contributed by atoms with Gasteiger partial charge in [0.2, 0.25) is 0 Å². The Kier molecular flexibility index (Phi) is 3.75. The largest absolute Gasteiger partial charge is 0.495 e. The molecular weight excluding hydrogens is 302 g/mol. The normalized spacial score (nSPS) is 19.7. The number of ether oxygens (including phenoxy) is 2. The summed E-state index contributed by atoms with van der Waals surface area (Å²) in [7, 11) is 1.45. The molecule has 1 aromatic carbocycles. The fraction of sp³-hybridized carbons (Fsp3) is 0.267. The summed E-state index contributed by atoms with van der Waals surface area (Å²) in [4.78, 5) is 38.2. The molecule has 1 fully saturated rings. The van der Waals surface area contributed by atoms with E-state index in [0.29, 0.717) is 11.4 Å². The van der Waals surface area contributed by atoms with Gasteiger partial charge in [0.1, 0.15) is 17.5 Å². The molecule has 0 bridgehead atoms. The number of carbonyl (C=O) groups is 3. The van der Waals surface area contributed by atoms with Gasteiger partial charge in [-0.25, -0.2) is 15.1 Å². The number of benzene rings is 1. The van der Waals surface area contributed by atoms with Crippen LogP contribution in [0.25, 0.3) is 0 Å². The van der Waals surface area contributed by atoms with E-state index in [1.165, 1.54) is 7.11 Å². The first kappa shape index (κ1) is 15.0. The molecule has 2 amide bonds. The average molecular weight is 317 g/mol. The number of para-hydroxylation sites is 2. The second kappa shape index (κ2) is 5.73. The quantitative estimate of drug-likeness (QED) is 0.589. The molecule has 2 heterocycles. The molecule has 0 aliphatic carbocycles. The van der Waals surface area contributed by atoms with Gasteiger partial charge in [0.25, 0.3) is 11.8 Å². The van der Waals surface area contributed by atoms with Crippen LogP contribution in [0.15, 0.2) is 35.5 Å². The summed E-state index contributed by atoms with van der Waals surface area (Å²) >= 11 is 0. The molecule has 2 N–H and O–H groups in total. The van der Waals surface area contributed by atoms with Crippen LogP contribution in [0.1, 0.15) is 6.92 Å². The van der Waals surface area contributed by atoms with Crippen molar-refractivity contribution in [2.24, 2.45) is 0 Å². The van der Waals surface area contributed by atoms with Crippen LogP contribution >= 0.6 is 0 Å². The summed E-state index contributed by atoms with van der Waals surface area (Å²) in [5, 5.41) is 0. The maximum absolute atomic E-state index is 12.7. The number of esters is 1. The molecule has 1 saturated heterocycles. The molecular formula is C15H15N3O5. The van der Waals surface area contributed by atoms with Crippen LogP contribution in [0, 0.1) is 0 Å². The lowest BCUT2D eigenvalue weighted by molar-refractivity contribution is -0.139. The molecule has 0 saturated carbocycles. The lowest BCUT2D eigenvalue weighted by atomic mass is 10.1. The number of amides is 2. The molecule has 3 rings (SSSR count). The Bertz CT molecular complexity index is 728. The molecule has 0 radical (unpaired) electrons. The van der Waals surface area contributed by atoms with Gasteiger partial charge in [-0.2, -0.15) is 0 Å². The zero-order valence-corrected chi connectivity index (χ0v) is 12.6. The van der Waals surface area contributed by atoms with Gasteiger partial charge in [-0.15, -0.1) is 0 Å². The van der Waals surface area contributed by atoms with Gasteiger partial charge in [0.15, 0.2) is 0 Å². The minimum Gasteiger partial charge on any atom is -0.495 e. The number of methoxy groups -OCH3 is 1. The number of imide groups is 1. The first-order valence-corrected chi connectivity index (χ1v) is 7.04. The number of carbonyl (C=O) groups excluding carboxylic acids is 3. The summed E-state index contributed by atoms with van der Waals surface area (Å²) in [6.45, 7) is 1.83. The van der Waals surface area contributed by atoms with Crippen LogP contribution in [-0.4, -0.2) is 37.5 Å². The van der Waals surface area contributed by atoms with Crippen LogP contribution in [0.5, 0.6) is 5.75 Å². The topological polar surface area (TPSA) is 97.0 Å². The fourth-order valence-corrected chi connectivity index (χ4v) is 2.60. The predicted octanol–water partition coefficient (Wildman–Crippen LogP) is -0.138. The number of rotatable bonds is 4. The Labute approximate surface area is 132 Å². The van der Waals surface area contributed by atoms with Crippen molar-refractivity contribution in [1.29, 1.82) is 0 Å². The lowest BCUT2D eigenvalue weighted by Gasteiger charge is -2.18. The summed E-state index contributed by atoms with van der Waals surface area (Å²) in [6, 6.07) is 5.76. The van der Waals surface area contributed by atoms with Crippen molar-refractivity contribution >= 4 is 23.5 Å². The lowest BCUT2D eigenvalue weighted by Crippen LogP contribution is -2.42. The number of hydrogen-bond acceptors (Lipinski definition) is 7. The Balaban J connectivity index is 2.04. The van der Waals surface area contributed by atoms with Crippen molar-refractivity contribution in [2.45, 2.75) is 13.0 Å². The fourth-order valence-electron chi connectivity index (χ4n) is 2.60. The van der Waals surface area contributed by atoms with Crippen LogP contribution < -0.4 is 20.5 Å². The number of nitrogens with one attached hydrogen (secondary N) is 2. The van der Waals surface area contributed by atoms with Gasteiger partial charge in [-0.3, -0.25) is 9.59 Å². The molecule has 8 nitrogen and oxygen atoms in total. The first-order chi connectivity index (χ1) is 11.1. The molecule has 120 valence electrons. The summed E-state index contributed by atoms with van der Waals surface area (Å²) in [5.41, 5.74) is 5.56. The van der Waals surface area contributed by atoms with Crippen LogP contribution in [0.4, 0.5) is 5.69 Å². The molecule has 1 aromatic rings. The van der Waals surface area contributed by atoms with Crippen molar-refractivity contribution in [3.8, 4) is 5.75 Å². The van der Waals surface area contributed by atoms with Gasteiger partial charge in [0, 0.05) is 0 Å². The second-order valence-electron chi connectivity index (χ2n) is 4.86. The van der Waals surface area contributed by atoms with Crippen molar-refractivity contribution in [1.82, 2.24) is 10.9 Å². The monoisotopic (exact) mass is 317 g/mol. The van der Waals surface area contributed by atoms with E-state index in [1.54, 1.807) is 31.2 Å². The predicted molar refractivity (Wildman–Crippen MR) is 79.2 cm³/mol. The third-order valence-electron chi connectivity index (χ3n) is 3.61. The first-order valence-electron chi connectivity index (χ1n) is 7.04. The molecule has 2 aliphatic rings. The van der Waals surface area contributed by atoms with Crippen molar-refractivity contribution < 1.29 is 23.9 Å². The molecule has 23 heavy (non-hydrogen) atoms. The number of hydrogen-bond donors (Lipinski definition) is 2. The molecule has 1 unspecified atom stereocenters. The molecule has 2 aliphatic heterocycles. The Hall–Kier alpha value is -2.87. The minimum absolute atomic E-state index is 0.0346. The van der Waals surface area contributed by atoms with Gasteiger partial charge in [0.05, 0.1) is 25.0 Å². The van der Waals surface area contributed by atoms with E-state index in [-0.39, 0.29) is 17.9 Å². The van der Waals surface area contributed by atoms with E-state index >= 15 is 0 Å². The van der Waals surface area contributed by atoms with Crippen LogP contribution in [-0.2, 0) is 19.1 Å². The molecule has 1 atom stereocenters. The third kappa shape index (κ3) is 2.23. The number of nitrogens with zero attached hydrogens (tertiary/aromatic N) is 1. The van der Waals surface area contributed by atoms with Gasteiger partial charge >= 0.3 is 5.97 Å².